The molecule has 2 heterocycles. The summed E-state index contributed by atoms with van der Waals surface area (Å²) in [7, 11) is 1.38. The van der Waals surface area contributed by atoms with Gasteiger partial charge in [-0.1, -0.05) is 6.07 Å². The first kappa shape index (κ1) is 12.7. The lowest BCUT2D eigenvalue weighted by molar-refractivity contribution is -0.146. The first-order valence-corrected chi connectivity index (χ1v) is 6.59. The van der Waals surface area contributed by atoms with Crippen molar-refractivity contribution in [3.63, 3.8) is 0 Å². The van der Waals surface area contributed by atoms with Crippen LogP contribution in [0.2, 0.25) is 0 Å². The van der Waals surface area contributed by atoms with Gasteiger partial charge in [0.25, 0.3) is 5.91 Å². The number of carbonyl (C=O) groups is 2. The molecule has 1 saturated carbocycles. The monoisotopic (exact) mass is 272 g/mol. The second-order valence-corrected chi connectivity index (χ2v) is 5.18. The summed E-state index contributed by atoms with van der Waals surface area (Å²) in [6.45, 7) is 0.336. The molecule has 20 heavy (non-hydrogen) atoms. The van der Waals surface area contributed by atoms with Crippen molar-refractivity contribution in [2.45, 2.75) is 12.8 Å². The van der Waals surface area contributed by atoms with E-state index in [1.807, 2.05) is 35.0 Å². The highest BCUT2D eigenvalue weighted by Gasteiger charge is 2.51. The Morgan fingerprint density at radius 1 is 1.30 bits per heavy atom. The van der Waals surface area contributed by atoms with Crippen molar-refractivity contribution in [3.8, 4) is 0 Å². The minimum absolute atomic E-state index is 0.158. The van der Waals surface area contributed by atoms with E-state index in [2.05, 4.69) is 5.32 Å². The van der Waals surface area contributed by atoms with E-state index in [0.717, 1.165) is 18.4 Å². The largest absolute Gasteiger partial charge is 0.469 e. The number of ether oxygens (including phenoxy) is 1. The third-order valence-electron chi connectivity index (χ3n) is 3.87. The lowest BCUT2D eigenvalue weighted by Gasteiger charge is -2.13. The molecule has 0 saturated heterocycles. The quantitative estimate of drug-likeness (QED) is 0.860. The summed E-state index contributed by atoms with van der Waals surface area (Å²) in [4.78, 5) is 23.9. The second kappa shape index (κ2) is 4.67. The maximum absolute atomic E-state index is 12.2. The van der Waals surface area contributed by atoms with Crippen LogP contribution in [0.15, 0.2) is 36.7 Å². The molecular formula is C15H16N2O3. The van der Waals surface area contributed by atoms with Crippen LogP contribution in [0.4, 0.5) is 0 Å². The van der Waals surface area contributed by atoms with Gasteiger partial charge in [-0.05, 0) is 31.0 Å². The number of aromatic nitrogens is 1. The fourth-order valence-electron chi connectivity index (χ4n) is 2.41. The smallest absolute Gasteiger partial charge is 0.313 e. The number of fused-ring (bicyclic) bond motifs is 1. The number of hydrogen-bond acceptors (Lipinski definition) is 3. The number of amides is 1. The Hall–Kier alpha value is -2.30. The molecule has 1 amide bonds. The van der Waals surface area contributed by atoms with Gasteiger partial charge in [-0.25, -0.2) is 0 Å². The van der Waals surface area contributed by atoms with Crippen LogP contribution in [0.1, 0.15) is 23.2 Å². The molecule has 0 spiro atoms. The molecule has 0 atom stereocenters. The molecule has 1 N–H and O–H groups in total. The average molecular weight is 272 g/mol. The highest BCUT2D eigenvalue weighted by molar-refractivity contribution is 6.01. The van der Waals surface area contributed by atoms with E-state index >= 15 is 0 Å². The van der Waals surface area contributed by atoms with Gasteiger partial charge in [-0.15, -0.1) is 0 Å². The van der Waals surface area contributed by atoms with Crippen molar-refractivity contribution in [2.24, 2.45) is 5.41 Å². The maximum atomic E-state index is 12.2. The number of nitrogens with one attached hydrogen (secondary N) is 1. The fraction of sp³-hybridized carbons (Fsp3) is 0.333. The lowest BCUT2D eigenvalue weighted by Crippen LogP contribution is -2.34. The van der Waals surface area contributed by atoms with Gasteiger partial charge in [0.2, 0.25) is 0 Å². The topological polar surface area (TPSA) is 59.8 Å². The second-order valence-electron chi connectivity index (χ2n) is 5.18. The van der Waals surface area contributed by atoms with E-state index in [9.17, 15) is 9.59 Å². The molecule has 1 aliphatic rings. The Kier molecular flexibility index (Phi) is 2.97. The molecule has 1 aliphatic carbocycles. The molecule has 3 rings (SSSR count). The van der Waals surface area contributed by atoms with Crippen molar-refractivity contribution < 1.29 is 14.3 Å². The van der Waals surface area contributed by atoms with Gasteiger partial charge >= 0.3 is 5.97 Å². The van der Waals surface area contributed by atoms with E-state index in [-0.39, 0.29) is 11.9 Å². The van der Waals surface area contributed by atoms with Crippen molar-refractivity contribution in [2.75, 3.05) is 13.7 Å². The van der Waals surface area contributed by atoms with Crippen LogP contribution in [0.5, 0.6) is 0 Å². The fourth-order valence-corrected chi connectivity index (χ4v) is 2.41. The molecule has 0 aliphatic heterocycles. The average Bonchev–Trinajstić information content (AvgIpc) is 3.15. The number of pyridine rings is 1. The Morgan fingerprint density at radius 2 is 2.10 bits per heavy atom. The third-order valence-corrected chi connectivity index (χ3v) is 3.87. The summed E-state index contributed by atoms with van der Waals surface area (Å²) in [5.74, 6) is -0.395. The number of carbonyl (C=O) groups excluding carboxylic acids is 2. The number of methoxy groups -OCH3 is 1. The Labute approximate surface area is 116 Å². The highest BCUT2D eigenvalue weighted by Crippen LogP contribution is 2.46. The van der Waals surface area contributed by atoms with Crippen LogP contribution in [-0.2, 0) is 9.53 Å². The zero-order valence-corrected chi connectivity index (χ0v) is 11.3. The SMILES string of the molecule is COC(=O)C1(CNC(=O)c2ccn3ccccc23)CC1. The number of hydrogen-bond donors (Lipinski definition) is 1. The van der Waals surface area contributed by atoms with Crippen LogP contribution < -0.4 is 5.32 Å². The van der Waals surface area contributed by atoms with Gasteiger partial charge < -0.3 is 14.5 Å². The predicted molar refractivity (Wildman–Crippen MR) is 73.4 cm³/mol. The molecule has 5 nitrogen and oxygen atoms in total. The molecule has 0 aromatic carbocycles. The van der Waals surface area contributed by atoms with Crippen LogP contribution >= 0.6 is 0 Å². The van der Waals surface area contributed by atoms with Crippen LogP contribution in [0, 0.1) is 5.41 Å². The first-order chi connectivity index (χ1) is 9.66. The summed E-state index contributed by atoms with van der Waals surface area (Å²) in [6.07, 6.45) is 5.29. The number of esters is 1. The minimum Gasteiger partial charge on any atom is -0.469 e. The van der Waals surface area contributed by atoms with Gasteiger partial charge in [0.15, 0.2) is 0 Å². The lowest BCUT2D eigenvalue weighted by atomic mass is 10.1. The summed E-state index contributed by atoms with van der Waals surface area (Å²) in [5.41, 5.74) is 0.971. The molecule has 0 bridgehead atoms. The highest BCUT2D eigenvalue weighted by atomic mass is 16.5. The molecule has 104 valence electrons. The molecule has 1 fully saturated rings. The number of nitrogens with zero attached hydrogens (tertiary/aromatic N) is 1. The molecular weight excluding hydrogens is 256 g/mol. The molecule has 5 heteroatoms. The summed E-state index contributed by atoms with van der Waals surface area (Å²) in [6, 6.07) is 7.47. The zero-order valence-electron chi connectivity index (χ0n) is 11.3. The van der Waals surface area contributed by atoms with E-state index in [1.54, 1.807) is 6.07 Å². The Balaban J connectivity index is 1.73. The standard InChI is InChI=1S/C15H16N2O3/c1-20-14(19)15(6-7-15)10-16-13(18)11-5-9-17-8-3-2-4-12(11)17/h2-5,8-9H,6-7,10H2,1H3,(H,16,18). The summed E-state index contributed by atoms with van der Waals surface area (Å²) in [5, 5.41) is 2.84. The Bertz CT molecular complexity index is 671. The van der Waals surface area contributed by atoms with Gasteiger partial charge in [0.05, 0.1) is 23.6 Å². The van der Waals surface area contributed by atoms with E-state index < -0.39 is 5.41 Å². The minimum atomic E-state index is -0.500. The molecule has 0 radical (unpaired) electrons. The van der Waals surface area contributed by atoms with Gasteiger partial charge in [-0.2, -0.15) is 0 Å². The van der Waals surface area contributed by atoms with Crippen LogP contribution in [0.3, 0.4) is 0 Å². The maximum Gasteiger partial charge on any atom is 0.313 e. The van der Waals surface area contributed by atoms with Gasteiger partial charge in [0.1, 0.15) is 0 Å². The Morgan fingerprint density at radius 3 is 2.80 bits per heavy atom. The molecule has 2 aromatic heterocycles. The van der Waals surface area contributed by atoms with Crippen molar-refractivity contribution >= 4 is 17.4 Å². The van der Waals surface area contributed by atoms with Gasteiger partial charge in [0, 0.05) is 18.9 Å². The van der Waals surface area contributed by atoms with Crippen molar-refractivity contribution in [3.05, 3.63) is 42.2 Å². The van der Waals surface area contributed by atoms with E-state index in [0.29, 0.717) is 12.1 Å². The predicted octanol–water partition coefficient (Wildman–Crippen LogP) is 1.62. The number of rotatable bonds is 4. The first-order valence-electron chi connectivity index (χ1n) is 6.59. The summed E-state index contributed by atoms with van der Waals surface area (Å²) < 4.78 is 6.67. The molecule has 0 unspecified atom stereocenters. The zero-order chi connectivity index (χ0) is 14.2. The van der Waals surface area contributed by atoms with Crippen LogP contribution in [0.25, 0.3) is 5.52 Å². The van der Waals surface area contributed by atoms with E-state index in [4.69, 9.17) is 4.74 Å². The van der Waals surface area contributed by atoms with Crippen LogP contribution in [-0.4, -0.2) is 29.9 Å². The molecule has 2 aromatic rings. The third kappa shape index (κ3) is 2.05. The normalized spacial score (nSPS) is 15.8. The van der Waals surface area contributed by atoms with E-state index in [1.165, 1.54) is 7.11 Å². The van der Waals surface area contributed by atoms with Crippen molar-refractivity contribution in [1.82, 2.24) is 9.72 Å². The van der Waals surface area contributed by atoms with Crippen molar-refractivity contribution in [1.29, 1.82) is 0 Å². The van der Waals surface area contributed by atoms with Gasteiger partial charge in [-0.3, -0.25) is 9.59 Å². The summed E-state index contributed by atoms with van der Waals surface area (Å²) >= 11 is 0.